The number of unbranched alkanes of at least 4 members (excludes halogenated alkanes) is 18. The van der Waals surface area contributed by atoms with Gasteiger partial charge in [0.1, 0.15) is 0 Å². The van der Waals surface area contributed by atoms with Crippen LogP contribution in [0.25, 0.3) is 0 Å². The van der Waals surface area contributed by atoms with Gasteiger partial charge in [-0.2, -0.15) is 0 Å². The quantitative estimate of drug-likeness (QED) is 0.0542. The van der Waals surface area contributed by atoms with Crippen molar-refractivity contribution in [2.24, 2.45) is 0 Å². The highest BCUT2D eigenvalue weighted by atomic mass is 31.2. The van der Waals surface area contributed by atoms with E-state index < -0.39 is 7.82 Å². The number of phosphoric acid groups is 1. The van der Waals surface area contributed by atoms with Gasteiger partial charge in [-0.1, -0.05) is 139 Å². The summed E-state index contributed by atoms with van der Waals surface area (Å²) >= 11 is 0. The van der Waals surface area contributed by atoms with Gasteiger partial charge in [0.2, 0.25) is 0 Å². The van der Waals surface area contributed by atoms with Crippen LogP contribution in [0.4, 0.5) is 0 Å². The molecule has 0 saturated heterocycles. The Morgan fingerprint density at radius 3 is 1.25 bits per heavy atom. The lowest BCUT2D eigenvalue weighted by atomic mass is 10.0. The Morgan fingerprint density at radius 1 is 0.500 bits per heavy atom. The lowest BCUT2D eigenvalue weighted by Crippen LogP contribution is -2.01. The molecule has 0 spiro atoms. The van der Waals surface area contributed by atoms with E-state index in [1.54, 1.807) is 0 Å². The van der Waals surface area contributed by atoms with E-state index >= 15 is 0 Å². The SMILES string of the molecule is CCCCCCCCCCCCCCCCOOP(=O)(O)OOOCCCCCCCC. The molecule has 194 valence electrons. The van der Waals surface area contributed by atoms with Gasteiger partial charge in [-0.25, -0.2) is 14.3 Å². The molecular weight excluding hydrogens is 431 g/mol. The first-order chi connectivity index (χ1) is 15.6. The average Bonchev–Trinajstić information content (AvgIpc) is 2.77. The molecule has 1 atom stereocenters. The van der Waals surface area contributed by atoms with Crippen LogP contribution in [-0.2, 0) is 28.7 Å². The summed E-state index contributed by atoms with van der Waals surface area (Å²) in [6.07, 6.45) is 24.4. The van der Waals surface area contributed by atoms with Gasteiger partial charge in [-0.3, -0.25) is 4.89 Å². The second-order valence-corrected chi connectivity index (χ2v) is 9.93. The fourth-order valence-corrected chi connectivity index (χ4v) is 3.86. The van der Waals surface area contributed by atoms with E-state index in [-0.39, 0.29) is 6.61 Å². The summed E-state index contributed by atoms with van der Waals surface area (Å²) in [6.45, 7) is 4.97. The molecule has 0 aromatic heterocycles. The highest BCUT2D eigenvalue weighted by Gasteiger charge is 2.25. The Morgan fingerprint density at radius 2 is 0.844 bits per heavy atom. The number of hydrogen-bond acceptors (Lipinski definition) is 6. The second-order valence-electron chi connectivity index (χ2n) is 8.69. The zero-order valence-corrected chi connectivity index (χ0v) is 21.8. The first kappa shape index (κ1) is 32.0. The maximum Gasteiger partial charge on any atom is 0.529 e. The first-order valence-electron chi connectivity index (χ1n) is 13.2. The standard InChI is InChI=1S/C24H51O7P/c1-3-5-7-9-11-12-13-14-15-16-17-18-20-22-24-28-30-32(25,26)31-29-27-23-21-19-10-8-6-4-2/h3-24H2,1-2H3,(H,25,26). The molecule has 0 rings (SSSR count). The fraction of sp³-hybridized carbons (Fsp3) is 1.00. The highest BCUT2D eigenvalue weighted by molar-refractivity contribution is 7.47. The van der Waals surface area contributed by atoms with Crippen molar-refractivity contribution < 1.29 is 33.6 Å². The third kappa shape index (κ3) is 26.2. The molecule has 0 aliphatic heterocycles. The molecule has 0 radical (unpaired) electrons. The summed E-state index contributed by atoms with van der Waals surface area (Å²) in [5.74, 6) is 0. The van der Waals surface area contributed by atoms with Crippen LogP contribution in [0.15, 0.2) is 0 Å². The fourth-order valence-electron chi connectivity index (χ4n) is 3.51. The van der Waals surface area contributed by atoms with Gasteiger partial charge < -0.3 is 0 Å². The zero-order chi connectivity index (χ0) is 23.6. The van der Waals surface area contributed by atoms with Gasteiger partial charge in [0.05, 0.1) is 13.2 Å². The highest BCUT2D eigenvalue weighted by Crippen LogP contribution is 2.43. The van der Waals surface area contributed by atoms with Crippen LogP contribution in [0.5, 0.6) is 0 Å². The smallest absolute Gasteiger partial charge is 0.299 e. The minimum Gasteiger partial charge on any atom is -0.299 e. The van der Waals surface area contributed by atoms with Crippen molar-refractivity contribution >= 4 is 7.82 Å². The molecule has 0 bridgehead atoms. The van der Waals surface area contributed by atoms with Gasteiger partial charge in [-0.15, -0.1) is 4.67 Å². The molecule has 0 amide bonds. The van der Waals surface area contributed by atoms with Crippen molar-refractivity contribution in [3.05, 3.63) is 0 Å². The van der Waals surface area contributed by atoms with Crippen LogP contribution in [-0.4, -0.2) is 18.1 Å². The Balaban J connectivity index is 3.27. The van der Waals surface area contributed by atoms with Crippen LogP contribution in [0.2, 0.25) is 0 Å². The van der Waals surface area contributed by atoms with Crippen LogP contribution in [0, 0.1) is 0 Å². The molecule has 0 aromatic carbocycles. The largest absolute Gasteiger partial charge is 0.529 e. The minimum absolute atomic E-state index is 0.241. The van der Waals surface area contributed by atoms with Crippen molar-refractivity contribution in [2.45, 2.75) is 142 Å². The maximum atomic E-state index is 11.5. The molecule has 0 aliphatic rings. The lowest BCUT2D eigenvalue weighted by molar-refractivity contribution is -0.477. The average molecular weight is 483 g/mol. The summed E-state index contributed by atoms with van der Waals surface area (Å²) in [6, 6.07) is 0. The monoisotopic (exact) mass is 482 g/mol. The summed E-state index contributed by atoms with van der Waals surface area (Å²) in [7, 11) is -4.42. The van der Waals surface area contributed by atoms with Crippen molar-refractivity contribution in [1.29, 1.82) is 0 Å². The summed E-state index contributed by atoms with van der Waals surface area (Å²) < 4.78 is 20.2. The van der Waals surface area contributed by atoms with Gasteiger partial charge >= 0.3 is 7.82 Å². The molecule has 0 heterocycles. The third-order valence-corrected chi connectivity index (χ3v) is 6.03. The van der Waals surface area contributed by atoms with Gasteiger partial charge in [0, 0.05) is 0 Å². The normalized spacial score (nSPS) is 13.5. The van der Waals surface area contributed by atoms with Crippen LogP contribution in [0.1, 0.15) is 142 Å². The Labute approximate surface area is 197 Å². The summed E-state index contributed by atoms with van der Waals surface area (Å²) in [5.41, 5.74) is 0. The molecule has 0 fully saturated rings. The predicted molar refractivity (Wildman–Crippen MR) is 129 cm³/mol. The second kappa shape index (κ2) is 25.6. The van der Waals surface area contributed by atoms with E-state index in [2.05, 4.69) is 28.2 Å². The summed E-state index contributed by atoms with van der Waals surface area (Å²) in [4.78, 5) is 18.9. The van der Waals surface area contributed by atoms with E-state index in [1.807, 2.05) is 0 Å². The van der Waals surface area contributed by atoms with Crippen molar-refractivity contribution in [1.82, 2.24) is 0 Å². The van der Waals surface area contributed by atoms with Gasteiger partial charge in [-0.05, 0) is 12.8 Å². The Hall–Kier alpha value is -0.0100. The molecule has 8 heteroatoms. The van der Waals surface area contributed by atoms with Crippen molar-refractivity contribution in [3.63, 3.8) is 0 Å². The van der Waals surface area contributed by atoms with Crippen molar-refractivity contribution in [3.8, 4) is 0 Å². The predicted octanol–water partition coefficient (Wildman–Crippen LogP) is 8.76. The number of hydrogen-bond donors (Lipinski definition) is 1. The van der Waals surface area contributed by atoms with E-state index in [9.17, 15) is 9.46 Å². The van der Waals surface area contributed by atoms with Gasteiger partial charge in [0.25, 0.3) is 0 Å². The molecule has 0 saturated carbocycles. The Bertz CT molecular complexity index is 410. The molecule has 32 heavy (non-hydrogen) atoms. The van der Waals surface area contributed by atoms with Crippen LogP contribution >= 0.6 is 7.82 Å². The zero-order valence-electron chi connectivity index (χ0n) is 20.9. The van der Waals surface area contributed by atoms with E-state index in [0.29, 0.717) is 6.61 Å². The van der Waals surface area contributed by atoms with Crippen LogP contribution in [0.3, 0.4) is 0 Å². The molecule has 1 unspecified atom stereocenters. The molecule has 0 aromatic rings. The van der Waals surface area contributed by atoms with E-state index in [4.69, 9.17) is 9.78 Å². The lowest BCUT2D eigenvalue weighted by Gasteiger charge is -2.09. The maximum absolute atomic E-state index is 11.5. The minimum atomic E-state index is -4.42. The topological polar surface area (TPSA) is 83.5 Å². The molecule has 0 aliphatic carbocycles. The number of rotatable bonds is 27. The van der Waals surface area contributed by atoms with Crippen molar-refractivity contribution in [2.75, 3.05) is 13.2 Å². The van der Waals surface area contributed by atoms with E-state index in [1.165, 1.54) is 89.9 Å². The Kier molecular flexibility index (Phi) is 25.6. The van der Waals surface area contributed by atoms with E-state index in [0.717, 1.165) is 38.5 Å². The molecule has 1 N–H and O–H groups in total. The first-order valence-corrected chi connectivity index (χ1v) is 14.7. The van der Waals surface area contributed by atoms with Crippen LogP contribution < -0.4 is 0 Å². The summed E-state index contributed by atoms with van der Waals surface area (Å²) in [5, 5.41) is 4.29. The van der Waals surface area contributed by atoms with Gasteiger partial charge in [0.15, 0.2) is 0 Å². The molecular formula is C24H51O7P. The molecule has 7 nitrogen and oxygen atoms in total. The third-order valence-electron chi connectivity index (χ3n) is 5.48.